The van der Waals surface area contributed by atoms with Crippen molar-refractivity contribution in [2.45, 2.75) is 31.9 Å². The topological polar surface area (TPSA) is 53.4 Å². The first-order valence-electron chi connectivity index (χ1n) is 7.21. The fourth-order valence-electron chi connectivity index (χ4n) is 2.41. The lowest BCUT2D eigenvalue weighted by molar-refractivity contribution is 0.0602. The second-order valence-electron chi connectivity index (χ2n) is 5.57. The molecule has 1 aliphatic rings. The Morgan fingerprint density at radius 3 is 2.68 bits per heavy atom. The summed E-state index contributed by atoms with van der Waals surface area (Å²) >= 11 is 1.26. The summed E-state index contributed by atoms with van der Waals surface area (Å²) in [6.45, 7) is 2.02. The summed E-state index contributed by atoms with van der Waals surface area (Å²) in [6.07, 6.45) is 1.09. The van der Waals surface area contributed by atoms with Crippen LogP contribution in [0.4, 0.5) is 4.39 Å². The molecule has 22 heavy (non-hydrogen) atoms. The number of aryl methyl sites for hydroxylation is 1. The Hall–Kier alpha value is -1.79. The van der Waals surface area contributed by atoms with Crippen LogP contribution < -0.4 is 0 Å². The van der Waals surface area contributed by atoms with Crippen molar-refractivity contribution in [2.75, 3.05) is 6.54 Å². The molecule has 0 spiro atoms. The Bertz CT molecular complexity index is 667. The number of aliphatic hydroxyl groups excluding tert-OH is 1. The predicted molar refractivity (Wildman–Crippen MR) is 82.3 cm³/mol. The molecule has 0 bridgehead atoms. The van der Waals surface area contributed by atoms with Crippen molar-refractivity contribution in [1.29, 1.82) is 0 Å². The molecule has 1 aromatic carbocycles. The van der Waals surface area contributed by atoms with E-state index in [9.17, 15) is 14.3 Å². The van der Waals surface area contributed by atoms with E-state index in [0.717, 1.165) is 18.5 Å². The lowest BCUT2D eigenvalue weighted by Gasteiger charge is -2.25. The summed E-state index contributed by atoms with van der Waals surface area (Å²) in [6, 6.07) is 5.91. The monoisotopic (exact) mass is 320 g/mol. The largest absolute Gasteiger partial charge is 0.387 e. The molecular weight excluding hydrogens is 303 g/mol. The molecule has 1 saturated carbocycles. The number of hydrogen-bond acceptors (Lipinski definition) is 4. The van der Waals surface area contributed by atoms with E-state index in [0.29, 0.717) is 11.1 Å². The van der Waals surface area contributed by atoms with E-state index >= 15 is 0 Å². The molecular formula is C16H17FN2O2S. The van der Waals surface area contributed by atoms with Crippen LogP contribution in [0, 0.1) is 12.7 Å². The molecule has 1 amide bonds. The Labute approximate surface area is 132 Å². The van der Waals surface area contributed by atoms with Gasteiger partial charge in [0.1, 0.15) is 5.82 Å². The second-order valence-corrected chi connectivity index (χ2v) is 6.20. The van der Waals surface area contributed by atoms with Gasteiger partial charge in [0.05, 0.1) is 23.9 Å². The average molecular weight is 320 g/mol. The Morgan fingerprint density at radius 2 is 2.14 bits per heavy atom. The standard InChI is InChI=1S/C16H17FN2O2S/c1-10-14(9-22-18-10)16(21)19(13-6-7-13)8-15(20)11-2-4-12(17)5-3-11/h2-5,9,13,15,20H,6-8H2,1H3. The third-order valence-electron chi connectivity index (χ3n) is 3.85. The minimum Gasteiger partial charge on any atom is -0.387 e. The molecule has 0 saturated heterocycles. The quantitative estimate of drug-likeness (QED) is 0.921. The summed E-state index contributed by atoms with van der Waals surface area (Å²) in [5.41, 5.74) is 1.93. The maximum atomic E-state index is 13.0. The first-order valence-corrected chi connectivity index (χ1v) is 8.05. The third kappa shape index (κ3) is 3.18. The lowest BCUT2D eigenvalue weighted by atomic mass is 10.1. The maximum absolute atomic E-state index is 13.0. The van der Waals surface area contributed by atoms with Crippen molar-refractivity contribution in [3.8, 4) is 0 Å². The first-order chi connectivity index (χ1) is 10.6. The SMILES string of the molecule is Cc1nscc1C(=O)N(CC(O)c1ccc(F)cc1)C1CC1. The molecule has 0 aliphatic heterocycles. The van der Waals surface area contributed by atoms with Crippen LogP contribution in [0.15, 0.2) is 29.6 Å². The van der Waals surface area contributed by atoms with Crippen LogP contribution >= 0.6 is 11.5 Å². The minimum atomic E-state index is -0.822. The number of aliphatic hydroxyl groups is 1. The van der Waals surface area contributed by atoms with Crippen molar-refractivity contribution >= 4 is 17.4 Å². The molecule has 6 heteroatoms. The van der Waals surface area contributed by atoms with Crippen molar-refractivity contribution in [1.82, 2.24) is 9.27 Å². The van der Waals surface area contributed by atoms with Crippen LogP contribution in [-0.2, 0) is 0 Å². The number of carbonyl (C=O) groups excluding carboxylic acids is 1. The van der Waals surface area contributed by atoms with E-state index in [2.05, 4.69) is 4.37 Å². The summed E-state index contributed by atoms with van der Waals surface area (Å²) < 4.78 is 17.1. The van der Waals surface area contributed by atoms with Crippen LogP contribution in [0.2, 0.25) is 0 Å². The number of halogens is 1. The zero-order valence-electron chi connectivity index (χ0n) is 12.2. The van der Waals surface area contributed by atoms with E-state index in [-0.39, 0.29) is 24.3 Å². The van der Waals surface area contributed by atoms with Crippen LogP contribution in [0.25, 0.3) is 0 Å². The molecule has 1 aliphatic carbocycles. The predicted octanol–water partition coefficient (Wildman–Crippen LogP) is 2.93. The number of hydrogen-bond donors (Lipinski definition) is 1. The molecule has 2 aromatic rings. The summed E-state index contributed by atoms with van der Waals surface area (Å²) in [5, 5.41) is 12.1. The molecule has 116 valence electrons. The van der Waals surface area contributed by atoms with Crippen molar-refractivity contribution < 1.29 is 14.3 Å². The molecule has 1 atom stereocenters. The Morgan fingerprint density at radius 1 is 1.45 bits per heavy atom. The number of nitrogens with zero attached hydrogens (tertiary/aromatic N) is 2. The molecule has 1 heterocycles. The molecule has 3 rings (SSSR count). The number of amides is 1. The van der Waals surface area contributed by atoms with E-state index < -0.39 is 6.10 Å². The number of rotatable bonds is 5. The summed E-state index contributed by atoms with van der Waals surface area (Å²) in [4.78, 5) is 14.4. The van der Waals surface area contributed by atoms with E-state index in [1.807, 2.05) is 6.92 Å². The third-order valence-corrected chi connectivity index (χ3v) is 4.57. The van der Waals surface area contributed by atoms with Gasteiger partial charge in [-0.1, -0.05) is 12.1 Å². The maximum Gasteiger partial charge on any atom is 0.256 e. The van der Waals surface area contributed by atoms with Gasteiger partial charge in [-0.15, -0.1) is 0 Å². The zero-order chi connectivity index (χ0) is 15.7. The van der Waals surface area contributed by atoms with E-state index in [4.69, 9.17) is 0 Å². The van der Waals surface area contributed by atoms with Crippen LogP contribution in [0.5, 0.6) is 0 Å². The van der Waals surface area contributed by atoms with Crippen LogP contribution in [0.3, 0.4) is 0 Å². The highest BCUT2D eigenvalue weighted by molar-refractivity contribution is 7.03. The summed E-state index contributed by atoms with van der Waals surface area (Å²) in [5.74, 6) is -0.430. The molecule has 4 nitrogen and oxygen atoms in total. The Balaban J connectivity index is 1.76. The Kier molecular flexibility index (Phi) is 4.22. The number of benzene rings is 1. The van der Waals surface area contributed by atoms with Crippen molar-refractivity contribution in [2.24, 2.45) is 0 Å². The average Bonchev–Trinajstić information content (AvgIpc) is 3.26. The molecule has 0 radical (unpaired) electrons. The van der Waals surface area contributed by atoms with E-state index in [1.54, 1.807) is 22.4 Å². The highest BCUT2D eigenvalue weighted by atomic mass is 32.1. The highest BCUT2D eigenvalue weighted by Gasteiger charge is 2.35. The van der Waals surface area contributed by atoms with Gasteiger partial charge in [-0.05, 0) is 49.0 Å². The molecule has 1 unspecified atom stereocenters. The van der Waals surface area contributed by atoms with Gasteiger partial charge < -0.3 is 10.0 Å². The number of aromatic nitrogens is 1. The van der Waals surface area contributed by atoms with Gasteiger partial charge >= 0.3 is 0 Å². The second kappa shape index (κ2) is 6.14. The van der Waals surface area contributed by atoms with Gasteiger partial charge in [0.15, 0.2) is 0 Å². The van der Waals surface area contributed by atoms with Crippen molar-refractivity contribution in [3.63, 3.8) is 0 Å². The van der Waals surface area contributed by atoms with Gasteiger partial charge in [0, 0.05) is 11.4 Å². The van der Waals surface area contributed by atoms with Gasteiger partial charge in [0.25, 0.3) is 5.91 Å². The molecule has 1 fully saturated rings. The fraction of sp³-hybridized carbons (Fsp3) is 0.375. The minimum absolute atomic E-state index is 0.0880. The molecule has 1 aromatic heterocycles. The van der Waals surface area contributed by atoms with E-state index in [1.165, 1.54) is 23.7 Å². The summed E-state index contributed by atoms with van der Waals surface area (Å²) in [7, 11) is 0. The van der Waals surface area contributed by atoms with Gasteiger partial charge in [-0.25, -0.2) is 4.39 Å². The number of carbonyl (C=O) groups is 1. The first kappa shape index (κ1) is 15.1. The smallest absolute Gasteiger partial charge is 0.256 e. The fourth-order valence-corrected chi connectivity index (χ4v) is 3.10. The normalized spacial score (nSPS) is 15.6. The lowest BCUT2D eigenvalue weighted by Crippen LogP contribution is -2.36. The van der Waals surface area contributed by atoms with Gasteiger partial charge in [-0.2, -0.15) is 4.37 Å². The molecule has 1 N–H and O–H groups in total. The van der Waals surface area contributed by atoms with Gasteiger partial charge in [0.2, 0.25) is 0 Å². The van der Waals surface area contributed by atoms with Crippen LogP contribution in [0.1, 0.15) is 40.6 Å². The van der Waals surface area contributed by atoms with Crippen LogP contribution in [-0.4, -0.2) is 32.9 Å². The zero-order valence-corrected chi connectivity index (χ0v) is 13.0. The van der Waals surface area contributed by atoms with Gasteiger partial charge in [-0.3, -0.25) is 4.79 Å². The highest BCUT2D eigenvalue weighted by Crippen LogP contribution is 2.31. The van der Waals surface area contributed by atoms with Crippen molar-refractivity contribution in [3.05, 3.63) is 52.3 Å².